The number of benzene rings is 3. The van der Waals surface area contributed by atoms with Gasteiger partial charge in [-0.1, -0.05) is 57.2 Å². The maximum Gasteiger partial charge on any atom is 0.346 e. The Hall–Kier alpha value is -4.06. The van der Waals surface area contributed by atoms with Gasteiger partial charge in [0, 0.05) is 22.2 Å². The first-order valence-corrected chi connectivity index (χ1v) is 14.2. The van der Waals surface area contributed by atoms with Gasteiger partial charge in [-0.3, -0.25) is 4.79 Å². The van der Waals surface area contributed by atoms with Gasteiger partial charge in [0.1, 0.15) is 5.75 Å². The zero-order valence-corrected chi connectivity index (χ0v) is 25.7. The van der Waals surface area contributed by atoms with Gasteiger partial charge in [-0.05, 0) is 92.6 Å². The van der Waals surface area contributed by atoms with Crippen molar-refractivity contribution in [3.63, 3.8) is 0 Å². The average Bonchev–Trinajstić information content (AvgIpc) is 3.20. The molecule has 0 radical (unpaired) electrons. The number of ether oxygens (including phenoxy) is 2. The van der Waals surface area contributed by atoms with Crippen molar-refractivity contribution in [1.82, 2.24) is 9.88 Å². The van der Waals surface area contributed by atoms with E-state index in [1.807, 2.05) is 49.4 Å². The fourth-order valence-electron chi connectivity index (χ4n) is 5.27. The number of amides is 1. The summed E-state index contributed by atoms with van der Waals surface area (Å²) in [7, 11) is 1.35. The van der Waals surface area contributed by atoms with Crippen LogP contribution >= 0.6 is 0 Å². The van der Waals surface area contributed by atoms with Crippen molar-refractivity contribution in [2.75, 3.05) is 7.11 Å². The highest BCUT2D eigenvalue weighted by Crippen LogP contribution is 2.33. The van der Waals surface area contributed by atoms with Crippen LogP contribution in [0.5, 0.6) is 5.75 Å². The molecular weight excluding hydrogens is 512 g/mol. The smallest absolute Gasteiger partial charge is 0.346 e. The van der Waals surface area contributed by atoms with E-state index >= 15 is 0 Å². The lowest BCUT2D eigenvalue weighted by Crippen LogP contribution is -2.26. The molecule has 0 saturated carbocycles. The first-order chi connectivity index (χ1) is 19.3. The zero-order chi connectivity index (χ0) is 30.1. The first-order valence-electron chi connectivity index (χ1n) is 14.2. The monoisotopic (exact) mass is 554 g/mol. The molecule has 0 aliphatic carbocycles. The molecule has 1 amide bonds. The predicted molar refractivity (Wildman–Crippen MR) is 165 cm³/mol. The summed E-state index contributed by atoms with van der Waals surface area (Å²) in [5.74, 6) is 0.109. The number of methoxy groups -OCH3 is 1. The Morgan fingerprint density at radius 2 is 1.46 bits per heavy atom. The second-order valence-electron chi connectivity index (χ2n) is 11.9. The molecule has 0 saturated heterocycles. The van der Waals surface area contributed by atoms with Gasteiger partial charge in [-0.15, -0.1) is 0 Å². The van der Waals surface area contributed by atoms with E-state index in [-0.39, 0.29) is 23.4 Å². The third-order valence-electron chi connectivity index (χ3n) is 8.05. The van der Waals surface area contributed by atoms with Crippen molar-refractivity contribution in [3.05, 3.63) is 100 Å². The van der Waals surface area contributed by atoms with Crippen LogP contribution in [0.3, 0.4) is 0 Å². The molecule has 0 aliphatic rings. The lowest BCUT2D eigenvalue weighted by Gasteiger charge is -2.21. The number of esters is 1. The van der Waals surface area contributed by atoms with E-state index in [1.54, 1.807) is 6.92 Å². The van der Waals surface area contributed by atoms with E-state index in [9.17, 15) is 9.59 Å². The van der Waals surface area contributed by atoms with E-state index < -0.39 is 12.1 Å². The molecule has 6 heteroatoms. The van der Waals surface area contributed by atoms with Crippen LogP contribution in [0, 0.1) is 13.8 Å². The average molecular weight is 555 g/mol. The molecule has 3 unspecified atom stereocenters. The predicted octanol–water partition coefficient (Wildman–Crippen LogP) is 7.60. The quantitative estimate of drug-likeness (QED) is 0.228. The van der Waals surface area contributed by atoms with E-state index in [2.05, 4.69) is 75.7 Å². The van der Waals surface area contributed by atoms with Crippen molar-refractivity contribution in [1.29, 1.82) is 0 Å². The lowest BCUT2D eigenvalue weighted by atomic mass is 9.86. The summed E-state index contributed by atoms with van der Waals surface area (Å²) in [6, 6.07) is 22.1. The number of aryl methyl sites for hydroxylation is 1. The minimum Gasteiger partial charge on any atom is -0.479 e. The van der Waals surface area contributed by atoms with Gasteiger partial charge < -0.3 is 19.4 Å². The molecule has 4 rings (SSSR count). The zero-order valence-electron chi connectivity index (χ0n) is 25.7. The van der Waals surface area contributed by atoms with Crippen molar-refractivity contribution in [2.24, 2.45) is 0 Å². The van der Waals surface area contributed by atoms with Crippen LogP contribution in [-0.2, 0) is 14.9 Å². The van der Waals surface area contributed by atoms with Crippen LogP contribution in [0.25, 0.3) is 10.9 Å². The normalized spacial score (nSPS) is 13.9. The second kappa shape index (κ2) is 11.8. The van der Waals surface area contributed by atoms with Gasteiger partial charge in [-0.25, -0.2) is 4.79 Å². The largest absolute Gasteiger partial charge is 0.479 e. The number of hydrogen-bond acceptors (Lipinski definition) is 4. The van der Waals surface area contributed by atoms with Crippen LogP contribution in [0.4, 0.5) is 0 Å². The van der Waals surface area contributed by atoms with Crippen molar-refractivity contribution in [3.8, 4) is 5.75 Å². The van der Waals surface area contributed by atoms with Crippen LogP contribution in [0.2, 0.25) is 0 Å². The van der Waals surface area contributed by atoms with E-state index in [1.165, 1.54) is 12.7 Å². The molecular formula is C35H42N2O4. The third kappa shape index (κ3) is 6.32. The number of carbonyl (C=O) groups is 2. The minimum atomic E-state index is -0.676. The maximum atomic E-state index is 13.3. The molecule has 0 fully saturated rings. The van der Waals surface area contributed by atoms with Gasteiger partial charge in [0.15, 0.2) is 6.10 Å². The highest BCUT2D eigenvalue weighted by molar-refractivity contribution is 5.99. The van der Waals surface area contributed by atoms with E-state index in [4.69, 9.17) is 9.47 Å². The van der Waals surface area contributed by atoms with Gasteiger partial charge in [0.25, 0.3) is 5.91 Å². The molecule has 4 aromatic rings. The fraction of sp³-hybridized carbons (Fsp3) is 0.371. The number of nitrogens with zero attached hydrogens (tertiary/aromatic N) is 1. The molecule has 0 spiro atoms. The number of hydrogen-bond donors (Lipinski definition) is 1. The van der Waals surface area contributed by atoms with Gasteiger partial charge in [0.05, 0.1) is 19.2 Å². The standard InChI is InChI=1S/C35H42N2O4/c1-21-23(3)37(24(4)27-12-17-30(18-13-27)41-25(5)34(39)40-9)32-19-14-28(20-31(21)32)33(38)36-22(2)26-10-15-29(16-11-26)35(6,7)8/h10-20,22,24-25H,1-9H3,(H,36,38). The fourth-order valence-corrected chi connectivity index (χ4v) is 5.27. The molecule has 0 bridgehead atoms. The SMILES string of the molecule is COC(=O)C(C)Oc1ccc(C(C)n2c(C)c(C)c3cc(C(=O)NC(C)c4ccc(C(C)(C)C)cc4)ccc32)cc1. The molecule has 6 nitrogen and oxygen atoms in total. The summed E-state index contributed by atoms with van der Waals surface area (Å²) in [5.41, 5.74) is 7.57. The van der Waals surface area contributed by atoms with Crippen molar-refractivity contribution >= 4 is 22.8 Å². The Labute approximate surface area is 243 Å². The van der Waals surface area contributed by atoms with Crippen LogP contribution < -0.4 is 10.1 Å². The number of fused-ring (bicyclic) bond motifs is 1. The summed E-state index contributed by atoms with van der Waals surface area (Å²) in [5, 5.41) is 4.23. The van der Waals surface area contributed by atoms with Crippen LogP contribution in [0.1, 0.15) is 91.9 Å². The van der Waals surface area contributed by atoms with Gasteiger partial charge >= 0.3 is 5.97 Å². The number of nitrogens with one attached hydrogen (secondary N) is 1. The van der Waals surface area contributed by atoms with Gasteiger partial charge in [0.2, 0.25) is 0 Å². The van der Waals surface area contributed by atoms with Crippen LogP contribution in [0.15, 0.2) is 66.7 Å². The van der Waals surface area contributed by atoms with Crippen molar-refractivity contribution in [2.45, 2.75) is 79.0 Å². The van der Waals surface area contributed by atoms with Gasteiger partial charge in [-0.2, -0.15) is 0 Å². The Morgan fingerprint density at radius 1 is 0.854 bits per heavy atom. The highest BCUT2D eigenvalue weighted by Gasteiger charge is 2.21. The van der Waals surface area contributed by atoms with E-state index in [0.717, 1.165) is 33.3 Å². The third-order valence-corrected chi connectivity index (χ3v) is 8.05. The first kappa shape index (κ1) is 29.9. The Balaban J connectivity index is 1.54. The molecule has 3 atom stereocenters. The van der Waals surface area contributed by atoms with Crippen LogP contribution in [-0.4, -0.2) is 29.7 Å². The maximum absolute atomic E-state index is 13.3. The van der Waals surface area contributed by atoms with Crippen molar-refractivity contribution < 1.29 is 19.1 Å². The molecule has 1 N–H and O–H groups in total. The molecule has 1 heterocycles. The number of rotatable bonds is 8. The number of aromatic nitrogens is 1. The summed E-state index contributed by atoms with van der Waals surface area (Å²) in [4.78, 5) is 25.0. The number of carbonyl (C=O) groups excluding carboxylic acids is 2. The second-order valence-corrected chi connectivity index (χ2v) is 11.9. The van der Waals surface area contributed by atoms with E-state index in [0.29, 0.717) is 11.3 Å². The summed E-state index contributed by atoms with van der Waals surface area (Å²) < 4.78 is 12.7. The molecule has 41 heavy (non-hydrogen) atoms. The Bertz CT molecular complexity index is 1540. The topological polar surface area (TPSA) is 69.6 Å². The lowest BCUT2D eigenvalue weighted by molar-refractivity contribution is -0.147. The molecule has 216 valence electrons. The minimum absolute atomic E-state index is 0.0500. The molecule has 0 aliphatic heterocycles. The molecule has 1 aromatic heterocycles. The Kier molecular flexibility index (Phi) is 8.62. The summed E-state index contributed by atoms with van der Waals surface area (Å²) in [6.07, 6.45) is -0.676. The summed E-state index contributed by atoms with van der Waals surface area (Å²) in [6.45, 7) is 16.7. The molecule has 3 aromatic carbocycles. The summed E-state index contributed by atoms with van der Waals surface area (Å²) >= 11 is 0. The highest BCUT2D eigenvalue weighted by atomic mass is 16.6. The Morgan fingerprint density at radius 3 is 2.05 bits per heavy atom.